The molecule has 7 nitrogen and oxygen atoms in total. The highest BCUT2D eigenvalue weighted by Crippen LogP contribution is 2.31. The van der Waals surface area contributed by atoms with Crippen LogP contribution in [-0.4, -0.2) is 22.2 Å². The molecule has 0 saturated carbocycles. The summed E-state index contributed by atoms with van der Waals surface area (Å²) in [7, 11) is 0. The van der Waals surface area contributed by atoms with Gasteiger partial charge in [0.05, 0.1) is 16.1 Å². The smallest absolute Gasteiger partial charge is 0.388 e. The molecule has 1 heterocycles. The predicted octanol–water partition coefficient (Wildman–Crippen LogP) is 5.10. The fourth-order valence-corrected chi connectivity index (χ4v) is 3.16. The van der Waals surface area contributed by atoms with E-state index in [1.54, 1.807) is 24.3 Å². The topological polar surface area (TPSA) is 96.1 Å². The number of hydrogen-bond acceptors (Lipinski definition) is 4. The molecular formula is C20H18BrClN4O3. The lowest BCUT2D eigenvalue weighted by atomic mass is 9.95. The van der Waals surface area contributed by atoms with Crippen LogP contribution in [0.3, 0.4) is 0 Å². The Morgan fingerprint density at radius 1 is 1.10 bits per heavy atom. The SMILES string of the molecule is CC(C)(NC(=O)Oc1n[nH]c(NC(=O)c2ccccc2Cl)c1Br)c1ccccc1. The van der Waals surface area contributed by atoms with Gasteiger partial charge in [0.2, 0.25) is 0 Å². The molecule has 9 heteroatoms. The van der Waals surface area contributed by atoms with Crippen molar-refractivity contribution >= 4 is 45.3 Å². The van der Waals surface area contributed by atoms with Crippen LogP contribution in [0.25, 0.3) is 0 Å². The van der Waals surface area contributed by atoms with Crippen LogP contribution in [0.4, 0.5) is 10.6 Å². The second kappa shape index (κ2) is 8.67. The first-order valence-corrected chi connectivity index (χ1v) is 9.80. The van der Waals surface area contributed by atoms with Crippen LogP contribution in [0.1, 0.15) is 29.8 Å². The van der Waals surface area contributed by atoms with Crippen molar-refractivity contribution < 1.29 is 14.3 Å². The summed E-state index contributed by atoms with van der Waals surface area (Å²) in [6.07, 6.45) is -0.685. The van der Waals surface area contributed by atoms with E-state index in [0.717, 1.165) is 5.56 Å². The van der Waals surface area contributed by atoms with Gasteiger partial charge in [-0.2, -0.15) is 0 Å². The van der Waals surface area contributed by atoms with Gasteiger partial charge in [-0.05, 0) is 47.5 Å². The van der Waals surface area contributed by atoms with Crippen LogP contribution in [0.15, 0.2) is 59.1 Å². The Labute approximate surface area is 180 Å². The summed E-state index contributed by atoms with van der Waals surface area (Å²) >= 11 is 9.31. The molecule has 150 valence electrons. The van der Waals surface area contributed by atoms with E-state index in [1.165, 1.54) is 0 Å². The number of amides is 2. The third kappa shape index (κ3) is 4.96. The summed E-state index contributed by atoms with van der Waals surface area (Å²) < 4.78 is 5.57. The first kappa shape index (κ1) is 20.9. The van der Waals surface area contributed by atoms with Crippen LogP contribution in [-0.2, 0) is 5.54 Å². The van der Waals surface area contributed by atoms with Crippen molar-refractivity contribution in [3.63, 3.8) is 0 Å². The average molecular weight is 478 g/mol. The fourth-order valence-electron chi connectivity index (χ4n) is 2.58. The zero-order valence-corrected chi connectivity index (χ0v) is 18.0. The molecule has 0 saturated heterocycles. The minimum Gasteiger partial charge on any atom is -0.388 e. The third-order valence-electron chi connectivity index (χ3n) is 4.13. The first-order valence-electron chi connectivity index (χ1n) is 8.63. The number of H-pyrrole nitrogens is 1. The second-order valence-corrected chi connectivity index (χ2v) is 7.86. The zero-order valence-electron chi connectivity index (χ0n) is 15.6. The van der Waals surface area contributed by atoms with Gasteiger partial charge in [-0.15, -0.1) is 5.10 Å². The molecular weight excluding hydrogens is 460 g/mol. The van der Waals surface area contributed by atoms with E-state index in [9.17, 15) is 9.59 Å². The van der Waals surface area contributed by atoms with Crippen LogP contribution >= 0.6 is 27.5 Å². The number of carbonyl (C=O) groups excluding carboxylic acids is 2. The molecule has 2 aromatic carbocycles. The van der Waals surface area contributed by atoms with Crippen LogP contribution in [0.5, 0.6) is 5.88 Å². The Morgan fingerprint density at radius 3 is 2.45 bits per heavy atom. The highest BCUT2D eigenvalue weighted by Gasteiger charge is 2.25. The van der Waals surface area contributed by atoms with Gasteiger partial charge >= 0.3 is 6.09 Å². The molecule has 0 aliphatic heterocycles. The largest absolute Gasteiger partial charge is 0.414 e. The zero-order chi connectivity index (χ0) is 21.0. The number of rotatable bonds is 5. The number of aromatic amines is 1. The van der Waals surface area contributed by atoms with Crippen molar-refractivity contribution in [1.29, 1.82) is 0 Å². The van der Waals surface area contributed by atoms with Gasteiger partial charge in [-0.1, -0.05) is 54.1 Å². The van der Waals surface area contributed by atoms with E-state index >= 15 is 0 Å². The Kier molecular flexibility index (Phi) is 6.24. The molecule has 2 amide bonds. The van der Waals surface area contributed by atoms with Gasteiger partial charge in [-0.3, -0.25) is 9.89 Å². The normalized spacial score (nSPS) is 11.0. The quantitative estimate of drug-likeness (QED) is 0.476. The van der Waals surface area contributed by atoms with E-state index in [2.05, 4.69) is 36.8 Å². The first-order chi connectivity index (χ1) is 13.8. The molecule has 0 aliphatic carbocycles. The minimum atomic E-state index is -0.685. The van der Waals surface area contributed by atoms with E-state index in [4.69, 9.17) is 16.3 Å². The molecule has 29 heavy (non-hydrogen) atoms. The van der Waals surface area contributed by atoms with Crippen LogP contribution in [0, 0.1) is 0 Å². The summed E-state index contributed by atoms with van der Waals surface area (Å²) in [5, 5.41) is 12.3. The number of halogens is 2. The standard InChI is InChI=1S/C20H18BrClN4O3/c1-20(2,12-8-4-3-5-9-12)24-19(28)29-18-15(21)16(25-26-18)23-17(27)13-10-6-7-11-14(13)22/h3-11H,1-2H3,(H,24,28)(H2,23,25,26,27). The Hall–Kier alpha value is -2.84. The van der Waals surface area contributed by atoms with E-state index in [-0.39, 0.29) is 11.7 Å². The fraction of sp³-hybridized carbons (Fsp3) is 0.150. The van der Waals surface area contributed by atoms with Crippen molar-refractivity contribution in [2.45, 2.75) is 19.4 Å². The van der Waals surface area contributed by atoms with Crippen LogP contribution < -0.4 is 15.4 Å². The van der Waals surface area contributed by atoms with E-state index in [0.29, 0.717) is 15.1 Å². The van der Waals surface area contributed by atoms with Crippen molar-refractivity contribution in [2.75, 3.05) is 5.32 Å². The number of ether oxygens (including phenoxy) is 1. The van der Waals surface area contributed by atoms with E-state index in [1.807, 2.05) is 44.2 Å². The van der Waals surface area contributed by atoms with Crippen molar-refractivity contribution in [1.82, 2.24) is 15.5 Å². The molecule has 0 bridgehead atoms. The summed E-state index contributed by atoms with van der Waals surface area (Å²) in [6, 6.07) is 16.1. The average Bonchev–Trinajstić information content (AvgIpc) is 3.02. The second-order valence-electron chi connectivity index (χ2n) is 6.66. The monoisotopic (exact) mass is 476 g/mol. The van der Waals surface area contributed by atoms with Gasteiger partial charge in [0.25, 0.3) is 11.8 Å². The van der Waals surface area contributed by atoms with Crippen molar-refractivity contribution in [3.05, 3.63) is 75.2 Å². The van der Waals surface area contributed by atoms with Crippen LogP contribution in [0.2, 0.25) is 5.02 Å². The molecule has 3 rings (SSSR count). The Bertz CT molecular complexity index is 1040. The number of anilines is 1. The summed E-state index contributed by atoms with van der Waals surface area (Å²) in [4.78, 5) is 24.7. The molecule has 0 radical (unpaired) electrons. The molecule has 0 atom stereocenters. The third-order valence-corrected chi connectivity index (χ3v) is 5.20. The lowest BCUT2D eigenvalue weighted by Crippen LogP contribution is -2.42. The molecule has 3 aromatic rings. The van der Waals surface area contributed by atoms with Crippen molar-refractivity contribution in [2.24, 2.45) is 0 Å². The van der Waals surface area contributed by atoms with Gasteiger partial charge in [0, 0.05) is 0 Å². The highest BCUT2D eigenvalue weighted by molar-refractivity contribution is 9.10. The van der Waals surface area contributed by atoms with Gasteiger partial charge in [0.1, 0.15) is 10.3 Å². The Balaban J connectivity index is 1.67. The van der Waals surface area contributed by atoms with Gasteiger partial charge in [0.15, 0.2) is 0 Å². The lowest BCUT2D eigenvalue weighted by molar-refractivity contribution is 0.102. The van der Waals surface area contributed by atoms with Crippen molar-refractivity contribution in [3.8, 4) is 5.88 Å². The number of nitrogens with one attached hydrogen (secondary N) is 3. The van der Waals surface area contributed by atoms with Gasteiger partial charge in [-0.25, -0.2) is 4.79 Å². The highest BCUT2D eigenvalue weighted by atomic mass is 79.9. The number of aromatic nitrogens is 2. The predicted molar refractivity (Wildman–Crippen MR) is 114 cm³/mol. The summed E-state index contributed by atoms with van der Waals surface area (Å²) in [5.74, 6) is -0.206. The minimum absolute atomic E-state index is 0.0131. The summed E-state index contributed by atoms with van der Waals surface area (Å²) in [5.41, 5.74) is 0.577. The molecule has 0 fully saturated rings. The maximum atomic E-state index is 12.4. The number of hydrogen-bond donors (Lipinski definition) is 3. The molecule has 0 spiro atoms. The molecule has 0 aliphatic rings. The maximum absolute atomic E-state index is 12.4. The summed E-state index contributed by atoms with van der Waals surface area (Å²) in [6.45, 7) is 3.72. The molecule has 3 N–H and O–H groups in total. The molecule has 1 aromatic heterocycles. The number of benzene rings is 2. The van der Waals surface area contributed by atoms with Gasteiger partial charge < -0.3 is 15.4 Å². The lowest BCUT2D eigenvalue weighted by Gasteiger charge is -2.26. The molecule has 0 unspecified atom stereocenters. The number of nitrogens with zero attached hydrogens (tertiary/aromatic N) is 1. The maximum Gasteiger partial charge on any atom is 0.414 e. The van der Waals surface area contributed by atoms with E-state index < -0.39 is 17.5 Å². The number of carbonyl (C=O) groups is 2. The Morgan fingerprint density at radius 2 is 1.76 bits per heavy atom.